The lowest BCUT2D eigenvalue weighted by Gasteiger charge is -2.16. The fourth-order valence-electron chi connectivity index (χ4n) is 1.14. The molecule has 3 nitrogen and oxygen atoms in total. The monoisotopic (exact) mass is 179 g/mol. The van der Waals surface area contributed by atoms with Crippen LogP contribution in [0.2, 0.25) is 0 Å². The van der Waals surface area contributed by atoms with Gasteiger partial charge in [0, 0.05) is 6.16 Å². The topological polar surface area (TPSA) is 66.5 Å². The fraction of sp³-hybridized carbons (Fsp3) is 1.00. The Morgan fingerprint density at radius 2 is 1.91 bits per heavy atom. The van der Waals surface area contributed by atoms with E-state index in [0.717, 1.165) is 6.42 Å². The van der Waals surface area contributed by atoms with E-state index in [2.05, 4.69) is 13.8 Å². The average Bonchev–Trinajstić information content (AvgIpc) is 1.84. The van der Waals surface area contributed by atoms with Gasteiger partial charge in [-0.15, -0.1) is 0 Å². The molecule has 0 aliphatic rings. The predicted molar refractivity (Wildman–Crippen MR) is 48.2 cm³/mol. The van der Waals surface area contributed by atoms with Gasteiger partial charge < -0.3 is 15.5 Å². The van der Waals surface area contributed by atoms with E-state index in [1.54, 1.807) is 0 Å². The van der Waals surface area contributed by atoms with Crippen LogP contribution in [0.4, 0.5) is 0 Å². The molecule has 1 unspecified atom stereocenters. The Morgan fingerprint density at radius 1 is 1.36 bits per heavy atom. The van der Waals surface area contributed by atoms with Gasteiger partial charge >= 0.3 is 0 Å². The molecule has 0 heterocycles. The first-order chi connectivity index (χ1) is 5.06. The van der Waals surface area contributed by atoms with Crippen LogP contribution < -0.4 is 5.73 Å². The van der Waals surface area contributed by atoms with Crippen LogP contribution in [0.3, 0.4) is 0 Å². The zero-order valence-electron chi connectivity index (χ0n) is 7.20. The van der Waals surface area contributed by atoms with Gasteiger partial charge in [-0.2, -0.15) is 0 Å². The molecule has 0 amide bonds. The maximum absolute atomic E-state index is 8.73. The van der Waals surface area contributed by atoms with Crippen molar-refractivity contribution < 1.29 is 9.79 Å². The largest absolute Gasteiger partial charge is 0.350 e. The van der Waals surface area contributed by atoms with Crippen molar-refractivity contribution in [2.45, 2.75) is 20.3 Å². The van der Waals surface area contributed by atoms with Gasteiger partial charge in [-0.05, 0) is 24.8 Å². The van der Waals surface area contributed by atoms with Gasteiger partial charge in [0.1, 0.15) is 0 Å². The minimum Gasteiger partial charge on any atom is -0.350 e. The maximum atomic E-state index is 8.73. The number of rotatable bonds is 5. The molecule has 0 saturated carbocycles. The van der Waals surface area contributed by atoms with Crippen LogP contribution in [0.5, 0.6) is 0 Å². The summed E-state index contributed by atoms with van der Waals surface area (Å²) in [5.74, 6) is 0.856. The first kappa shape index (κ1) is 11.3. The highest BCUT2D eigenvalue weighted by Gasteiger charge is 2.12. The smallest absolute Gasteiger partial charge is 0.165 e. The lowest BCUT2D eigenvalue weighted by molar-refractivity contribution is 0.418. The van der Waals surface area contributed by atoms with Crippen LogP contribution in [-0.4, -0.2) is 22.5 Å². The van der Waals surface area contributed by atoms with Gasteiger partial charge in [-0.25, -0.2) is 0 Å². The summed E-state index contributed by atoms with van der Waals surface area (Å²) < 4.78 is 0. The van der Waals surface area contributed by atoms with E-state index in [9.17, 15) is 0 Å². The van der Waals surface area contributed by atoms with Crippen LogP contribution in [0.1, 0.15) is 20.3 Å². The standard InChI is InChI=1S/C7H18NO2P/c1-6(2)3-7(4-8)5-11(9)10/h6-7,9-10H,3-5,8H2,1-2H3. The molecule has 0 bridgehead atoms. The van der Waals surface area contributed by atoms with Gasteiger partial charge in [-0.3, -0.25) is 0 Å². The minimum atomic E-state index is -1.76. The molecule has 0 aliphatic heterocycles. The van der Waals surface area contributed by atoms with Crippen molar-refractivity contribution in [1.29, 1.82) is 0 Å². The van der Waals surface area contributed by atoms with Crippen molar-refractivity contribution in [2.75, 3.05) is 12.7 Å². The molecule has 1 atom stereocenters. The second-order valence-electron chi connectivity index (χ2n) is 3.29. The van der Waals surface area contributed by atoms with E-state index in [-0.39, 0.29) is 5.92 Å². The Kier molecular flexibility index (Phi) is 6.06. The maximum Gasteiger partial charge on any atom is 0.165 e. The summed E-state index contributed by atoms with van der Waals surface area (Å²) in [6.45, 7) is 4.78. The van der Waals surface area contributed by atoms with Gasteiger partial charge in [0.25, 0.3) is 0 Å². The molecule has 0 rings (SSSR count). The first-order valence-electron chi connectivity index (χ1n) is 3.91. The Morgan fingerprint density at radius 3 is 2.18 bits per heavy atom. The van der Waals surface area contributed by atoms with Crippen molar-refractivity contribution >= 4 is 8.38 Å². The molecule has 0 aromatic carbocycles. The van der Waals surface area contributed by atoms with Gasteiger partial charge in [0.05, 0.1) is 0 Å². The molecular weight excluding hydrogens is 161 g/mol. The van der Waals surface area contributed by atoms with E-state index in [1.165, 1.54) is 0 Å². The van der Waals surface area contributed by atoms with Gasteiger partial charge in [-0.1, -0.05) is 13.8 Å². The van der Waals surface area contributed by atoms with E-state index in [4.69, 9.17) is 15.5 Å². The average molecular weight is 179 g/mol. The van der Waals surface area contributed by atoms with E-state index in [0.29, 0.717) is 18.6 Å². The van der Waals surface area contributed by atoms with Crippen molar-refractivity contribution in [3.05, 3.63) is 0 Å². The van der Waals surface area contributed by atoms with E-state index in [1.807, 2.05) is 0 Å². The number of hydrogen-bond acceptors (Lipinski definition) is 3. The van der Waals surface area contributed by atoms with Crippen molar-refractivity contribution in [3.63, 3.8) is 0 Å². The van der Waals surface area contributed by atoms with E-state index < -0.39 is 8.38 Å². The Bertz CT molecular complexity index is 88.4. The van der Waals surface area contributed by atoms with Crippen molar-refractivity contribution in [2.24, 2.45) is 17.6 Å². The number of nitrogens with two attached hydrogens (primary N) is 1. The summed E-state index contributed by atoms with van der Waals surface area (Å²) in [5, 5.41) is 0. The SMILES string of the molecule is CC(C)CC(CN)CP(O)O. The molecule has 68 valence electrons. The van der Waals surface area contributed by atoms with Gasteiger partial charge in [0.2, 0.25) is 0 Å². The minimum absolute atomic E-state index is 0.274. The lowest BCUT2D eigenvalue weighted by atomic mass is 9.99. The molecule has 0 saturated heterocycles. The van der Waals surface area contributed by atoms with Gasteiger partial charge in [0.15, 0.2) is 8.38 Å². The Balaban J connectivity index is 3.58. The third kappa shape index (κ3) is 6.70. The molecule has 0 spiro atoms. The summed E-state index contributed by atoms with van der Waals surface area (Å²) in [6, 6.07) is 0. The second-order valence-corrected chi connectivity index (χ2v) is 4.40. The summed E-state index contributed by atoms with van der Waals surface area (Å²) >= 11 is 0. The normalized spacial score (nSPS) is 14.5. The Hall–Kier alpha value is 0.310. The molecule has 0 aliphatic carbocycles. The van der Waals surface area contributed by atoms with E-state index >= 15 is 0 Å². The van der Waals surface area contributed by atoms with Crippen LogP contribution in [0, 0.1) is 11.8 Å². The molecular formula is C7H18NO2P. The molecule has 0 aromatic heterocycles. The fourth-order valence-corrected chi connectivity index (χ4v) is 1.90. The van der Waals surface area contributed by atoms with Crippen LogP contribution >= 0.6 is 8.38 Å². The molecule has 0 fully saturated rings. The zero-order chi connectivity index (χ0) is 8.85. The molecule has 0 radical (unpaired) electrons. The van der Waals surface area contributed by atoms with Crippen molar-refractivity contribution in [1.82, 2.24) is 0 Å². The Labute approximate surface area is 69.5 Å². The third-order valence-electron chi connectivity index (χ3n) is 1.56. The predicted octanol–water partition coefficient (Wildman–Crippen LogP) is 0.904. The molecule has 0 aromatic rings. The quantitative estimate of drug-likeness (QED) is 0.549. The van der Waals surface area contributed by atoms with Crippen molar-refractivity contribution in [3.8, 4) is 0 Å². The molecule has 4 N–H and O–H groups in total. The highest BCUT2D eigenvalue weighted by Crippen LogP contribution is 2.28. The third-order valence-corrected chi connectivity index (χ3v) is 2.40. The summed E-state index contributed by atoms with van der Waals surface area (Å²) in [4.78, 5) is 17.5. The lowest BCUT2D eigenvalue weighted by Crippen LogP contribution is -2.19. The molecule has 4 heteroatoms. The van der Waals surface area contributed by atoms with Crippen LogP contribution in [0.15, 0.2) is 0 Å². The van der Waals surface area contributed by atoms with Crippen LogP contribution in [0.25, 0.3) is 0 Å². The summed E-state index contributed by atoms with van der Waals surface area (Å²) in [6.07, 6.45) is 1.44. The molecule has 11 heavy (non-hydrogen) atoms. The zero-order valence-corrected chi connectivity index (χ0v) is 8.09. The highest BCUT2D eigenvalue weighted by molar-refractivity contribution is 7.45. The summed E-state index contributed by atoms with van der Waals surface area (Å²) in [7, 11) is -1.76. The highest BCUT2D eigenvalue weighted by atomic mass is 31.2. The van der Waals surface area contributed by atoms with Crippen LogP contribution in [-0.2, 0) is 0 Å². The number of hydrogen-bond donors (Lipinski definition) is 3. The second kappa shape index (κ2) is 5.90. The summed E-state index contributed by atoms with van der Waals surface area (Å²) in [5.41, 5.74) is 5.46. The first-order valence-corrected chi connectivity index (χ1v) is 5.34.